The zero-order chi connectivity index (χ0) is 26.6. The molecule has 0 N–H and O–H groups in total. The number of nitrogens with zero attached hydrogens (tertiary/aromatic N) is 6. The van der Waals surface area contributed by atoms with Gasteiger partial charge in [0.05, 0.1) is 41.1 Å². The van der Waals surface area contributed by atoms with Gasteiger partial charge >= 0.3 is 0 Å². The summed E-state index contributed by atoms with van der Waals surface area (Å²) < 4.78 is 10.3. The summed E-state index contributed by atoms with van der Waals surface area (Å²) in [5, 5.41) is 19.9. The van der Waals surface area contributed by atoms with E-state index in [4.69, 9.17) is 10.00 Å². The molecule has 6 aromatic rings. The van der Waals surface area contributed by atoms with Crippen molar-refractivity contribution in [3.63, 3.8) is 0 Å². The molecular formula is C32H28N6O. The Morgan fingerprint density at radius 3 is 2.59 bits per heavy atom. The van der Waals surface area contributed by atoms with Crippen LogP contribution < -0.4 is 4.74 Å². The summed E-state index contributed by atoms with van der Waals surface area (Å²) in [6, 6.07) is 28.6. The van der Waals surface area contributed by atoms with Crippen LogP contribution in [0.4, 0.5) is 0 Å². The highest BCUT2D eigenvalue weighted by molar-refractivity contribution is 6.09. The highest BCUT2D eigenvalue weighted by Crippen LogP contribution is 2.33. The van der Waals surface area contributed by atoms with E-state index in [0.29, 0.717) is 18.7 Å². The summed E-state index contributed by atoms with van der Waals surface area (Å²) in [5.74, 6) is 0.793. The minimum absolute atomic E-state index is 0.327. The molecule has 3 aromatic heterocycles. The van der Waals surface area contributed by atoms with Gasteiger partial charge in [-0.2, -0.15) is 5.26 Å². The molecular weight excluding hydrogens is 484 g/mol. The van der Waals surface area contributed by atoms with Crippen molar-refractivity contribution in [1.29, 1.82) is 5.26 Å². The molecule has 0 unspecified atom stereocenters. The lowest BCUT2D eigenvalue weighted by Crippen LogP contribution is -2.02. The molecule has 3 heterocycles. The summed E-state index contributed by atoms with van der Waals surface area (Å²) in [7, 11) is 0. The van der Waals surface area contributed by atoms with Crippen LogP contribution in [0.25, 0.3) is 21.8 Å². The quantitative estimate of drug-likeness (QED) is 0.230. The summed E-state index contributed by atoms with van der Waals surface area (Å²) >= 11 is 0. The van der Waals surface area contributed by atoms with Crippen molar-refractivity contribution in [2.24, 2.45) is 0 Å². The Kier molecular flexibility index (Phi) is 6.75. The predicted molar refractivity (Wildman–Crippen MR) is 151 cm³/mol. The zero-order valence-corrected chi connectivity index (χ0v) is 21.8. The molecule has 0 saturated heterocycles. The molecule has 0 spiro atoms. The maximum atomic E-state index is 8.98. The minimum Gasteiger partial charge on any atom is -0.487 e. The maximum absolute atomic E-state index is 8.98. The van der Waals surface area contributed by atoms with Crippen LogP contribution in [0, 0.1) is 18.3 Å². The molecule has 0 saturated carbocycles. The Labute approximate surface area is 226 Å². The monoisotopic (exact) mass is 512 g/mol. The van der Waals surface area contributed by atoms with Gasteiger partial charge in [0, 0.05) is 29.6 Å². The number of nitriles is 1. The molecule has 3 aromatic carbocycles. The van der Waals surface area contributed by atoms with Gasteiger partial charge in [0.15, 0.2) is 0 Å². The highest BCUT2D eigenvalue weighted by Gasteiger charge is 2.14. The van der Waals surface area contributed by atoms with Crippen LogP contribution in [0.5, 0.6) is 5.75 Å². The van der Waals surface area contributed by atoms with E-state index >= 15 is 0 Å². The summed E-state index contributed by atoms with van der Waals surface area (Å²) in [6.07, 6.45) is 5.84. The standard InChI is InChI=1S/C32H28N6O/c1-23-32-30(15-16-34-23)29-14-13-28(18-31(29)38(32)17-5-8-24-6-3-2-4-7-24)39-22-27-21-37(36-35-27)20-26-11-9-25(19-33)10-12-26/h2-4,6-7,9-16,18,21H,5,8,17,20,22H2,1H3. The number of hydrogen-bond acceptors (Lipinski definition) is 5. The third-order valence-electron chi connectivity index (χ3n) is 7.02. The number of aryl methyl sites for hydroxylation is 3. The fourth-order valence-corrected chi connectivity index (χ4v) is 5.12. The van der Waals surface area contributed by atoms with Gasteiger partial charge in [-0.3, -0.25) is 4.98 Å². The van der Waals surface area contributed by atoms with Crippen LogP contribution in [0.1, 0.15) is 34.5 Å². The lowest BCUT2D eigenvalue weighted by Gasteiger charge is -2.10. The molecule has 7 heteroatoms. The molecule has 0 fully saturated rings. The molecule has 0 bridgehead atoms. The maximum Gasteiger partial charge on any atom is 0.134 e. The Balaban J connectivity index is 1.20. The first-order valence-electron chi connectivity index (χ1n) is 13.1. The van der Waals surface area contributed by atoms with Crippen molar-refractivity contribution in [2.75, 3.05) is 0 Å². The lowest BCUT2D eigenvalue weighted by atomic mass is 10.1. The van der Waals surface area contributed by atoms with E-state index in [1.165, 1.54) is 21.9 Å². The topological polar surface area (TPSA) is 81.6 Å². The number of hydrogen-bond donors (Lipinski definition) is 0. The van der Waals surface area contributed by atoms with Crippen molar-refractivity contribution < 1.29 is 4.74 Å². The number of fused-ring (bicyclic) bond motifs is 3. The van der Waals surface area contributed by atoms with E-state index in [2.05, 4.69) is 81.4 Å². The second-order valence-electron chi connectivity index (χ2n) is 9.72. The van der Waals surface area contributed by atoms with Gasteiger partial charge in [0.2, 0.25) is 0 Å². The normalized spacial score (nSPS) is 11.2. The van der Waals surface area contributed by atoms with Gasteiger partial charge in [0.1, 0.15) is 18.1 Å². The molecule has 0 radical (unpaired) electrons. The van der Waals surface area contributed by atoms with Crippen LogP contribution in [0.15, 0.2) is 91.3 Å². The summed E-state index contributed by atoms with van der Waals surface area (Å²) in [5.41, 5.74) is 7.17. The predicted octanol–water partition coefficient (Wildman–Crippen LogP) is 6.22. The molecule has 39 heavy (non-hydrogen) atoms. The Morgan fingerprint density at radius 1 is 0.923 bits per heavy atom. The van der Waals surface area contributed by atoms with Crippen molar-refractivity contribution in [1.82, 2.24) is 24.5 Å². The fraction of sp³-hybridized carbons (Fsp3) is 0.188. The average Bonchev–Trinajstić information content (AvgIpc) is 3.55. The largest absolute Gasteiger partial charge is 0.487 e. The van der Waals surface area contributed by atoms with Crippen LogP contribution >= 0.6 is 0 Å². The van der Waals surface area contributed by atoms with Crippen molar-refractivity contribution in [3.05, 3.63) is 119 Å². The fourth-order valence-electron chi connectivity index (χ4n) is 5.12. The Morgan fingerprint density at radius 2 is 1.77 bits per heavy atom. The van der Waals surface area contributed by atoms with Gasteiger partial charge in [-0.25, -0.2) is 4.68 Å². The van der Waals surface area contributed by atoms with Crippen molar-refractivity contribution in [3.8, 4) is 11.8 Å². The average molecular weight is 513 g/mol. The second kappa shape index (κ2) is 10.8. The first-order valence-corrected chi connectivity index (χ1v) is 13.1. The zero-order valence-electron chi connectivity index (χ0n) is 21.8. The molecule has 6 rings (SSSR count). The first kappa shape index (κ1) is 24.4. The first-order chi connectivity index (χ1) is 19.2. The van der Waals surface area contributed by atoms with E-state index in [1.807, 2.05) is 42.7 Å². The van der Waals surface area contributed by atoms with Crippen LogP contribution in [0.2, 0.25) is 0 Å². The van der Waals surface area contributed by atoms with E-state index in [-0.39, 0.29) is 0 Å². The third-order valence-corrected chi connectivity index (χ3v) is 7.02. The molecule has 7 nitrogen and oxygen atoms in total. The van der Waals surface area contributed by atoms with E-state index in [9.17, 15) is 0 Å². The van der Waals surface area contributed by atoms with E-state index in [1.54, 1.807) is 4.68 Å². The third kappa shape index (κ3) is 5.23. The van der Waals surface area contributed by atoms with Crippen molar-refractivity contribution >= 4 is 21.8 Å². The molecule has 192 valence electrons. The number of benzene rings is 3. The summed E-state index contributed by atoms with van der Waals surface area (Å²) in [4.78, 5) is 4.58. The second-order valence-corrected chi connectivity index (χ2v) is 9.72. The SMILES string of the molecule is Cc1nccc2c3ccc(OCc4cn(Cc5ccc(C#N)cc5)nn4)cc3n(CCCc3ccccc3)c12. The van der Waals surface area contributed by atoms with E-state index < -0.39 is 0 Å². The Hall–Kier alpha value is -4.96. The van der Waals surface area contributed by atoms with Crippen molar-refractivity contribution in [2.45, 2.75) is 39.5 Å². The number of ether oxygens (including phenoxy) is 1. The molecule has 0 aliphatic heterocycles. The van der Waals surface area contributed by atoms with Gasteiger partial charge in [-0.15, -0.1) is 5.10 Å². The molecule has 0 aliphatic carbocycles. The minimum atomic E-state index is 0.327. The van der Waals surface area contributed by atoms with Crippen LogP contribution in [0.3, 0.4) is 0 Å². The van der Waals surface area contributed by atoms with Gasteiger partial charge in [-0.1, -0.05) is 47.7 Å². The molecule has 0 aliphatic rings. The smallest absolute Gasteiger partial charge is 0.134 e. The number of aromatic nitrogens is 5. The molecule has 0 atom stereocenters. The number of pyridine rings is 1. The Bertz CT molecular complexity index is 1780. The number of rotatable bonds is 9. The van der Waals surface area contributed by atoms with E-state index in [0.717, 1.165) is 47.6 Å². The van der Waals surface area contributed by atoms with Gasteiger partial charge < -0.3 is 9.30 Å². The summed E-state index contributed by atoms with van der Waals surface area (Å²) in [6.45, 7) is 3.89. The van der Waals surface area contributed by atoms with Crippen LogP contribution in [-0.4, -0.2) is 24.5 Å². The molecule has 0 amide bonds. The van der Waals surface area contributed by atoms with Gasteiger partial charge in [0.25, 0.3) is 0 Å². The highest BCUT2D eigenvalue weighted by atomic mass is 16.5. The van der Waals surface area contributed by atoms with Gasteiger partial charge in [-0.05, 0) is 61.2 Å². The lowest BCUT2D eigenvalue weighted by molar-refractivity contribution is 0.301. The van der Waals surface area contributed by atoms with Crippen LogP contribution in [-0.2, 0) is 26.1 Å².